The highest BCUT2D eigenvalue weighted by Crippen LogP contribution is 2.35. The van der Waals surface area contributed by atoms with Crippen LogP contribution in [0.4, 0.5) is 0 Å². The molecule has 0 radical (unpaired) electrons. The second-order valence-corrected chi connectivity index (χ2v) is 7.77. The molecule has 2 heterocycles. The molecule has 0 aliphatic carbocycles. The zero-order valence-electron chi connectivity index (χ0n) is 11.8. The number of amides is 1. The average molecular weight is 329 g/mol. The lowest BCUT2D eigenvalue weighted by molar-refractivity contribution is 0.0724. The Morgan fingerprint density at radius 2 is 2.15 bits per heavy atom. The van der Waals surface area contributed by atoms with Crippen molar-refractivity contribution in [3.8, 4) is 0 Å². The molecule has 110 valence electrons. The van der Waals surface area contributed by atoms with Crippen LogP contribution < -0.4 is 5.73 Å². The third kappa shape index (κ3) is 3.02. The van der Waals surface area contributed by atoms with Gasteiger partial charge in [-0.1, -0.05) is 19.1 Å². The zero-order valence-corrected chi connectivity index (χ0v) is 14.3. The number of aryl methyl sites for hydroxylation is 1. The quantitative estimate of drug-likeness (QED) is 0.863. The lowest BCUT2D eigenvalue weighted by atomic mass is 9.95. The highest BCUT2D eigenvalue weighted by atomic mass is 32.2. The first-order valence-electron chi connectivity index (χ1n) is 6.75. The minimum absolute atomic E-state index is 0.129. The van der Waals surface area contributed by atoms with Crippen LogP contribution in [0.25, 0.3) is 0 Å². The molecule has 1 saturated heterocycles. The van der Waals surface area contributed by atoms with Gasteiger partial charge in [0.15, 0.2) is 0 Å². The first-order valence-corrected chi connectivity index (χ1v) is 9.20. The number of thiocarbonyl (C=S) groups is 1. The van der Waals surface area contributed by atoms with Crippen molar-refractivity contribution in [3.05, 3.63) is 21.9 Å². The van der Waals surface area contributed by atoms with E-state index in [1.165, 1.54) is 4.88 Å². The number of thioether (sulfide) groups is 1. The molecule has 1 aromatic rings. The van der Waals surface area contributed by atoms with Crippen LogP contribution in [0.5, 0.6) is 0 Å². The van der Waals surface area contributed by atoms with E-state index in [2.05, 4.69) is 6.92 Å². The topological polar surface area (TPSA) is 46.3 Å². The van der Waals surface area contributed by atoms with Crippen LogP contribution in [0, 0.1) is 0 Å². The van der Waals surface area contributed by atoms with Crippen LogP contribution in [0.3, 0.4) is 0 Å². The van der Waals surface area contributed by atoms with E-state index in [0.717, 1.165) is 37.2 Å². The van der Waals surface area contributed by atoms with E-state index < -0.39 is 0 Å². The molecule has 0 spiro atoms. The van der Waals surface area contributed by atoms with Gasteiger partial charge < -0.3 is 10.6 Å². The smallest absolute Gasteiger partial charge is 0.263 e. The summed E-state index contributed by atoms with van der Waals surface area (Å²) in [6, 6.07) is 3.98. The Balaban J connectivity index is 2.03. The van der Waals surface area contributed by atoms with E-state index in [0.29, 0.717) is 4.99 Å². The number of carbonyl (C=O) groups is 1. The molecule has 0 bridgehead atoms. The number of hydrogen-bond donors (Lipinski definition) is 1. The molecule has 1 fully saturated rings. The van der Waals surface area contributed by atoms with Crippen molar-refractivity contribution >= 4 is 46.2 Å². The van der Waals surface area contributed by atoms with Gasteiger partial charge in [-0.15, -0.1) is 11.3 Å². The van der Waals surface area contributed by atoms with Gasteiger partial charge >= 0.3 is 0 Å². The summed E-state index contributed by atoms with van der Waals surface area (Å²) in [6.07, 6.45) is 4.72. The van der Waals surface area contributed by atoms with Crippen molar-refractivity contribution in [1.29, 1.82) is 0 Å². The molecule has 1 aliphatic rings. The Labute approximate surface area is 133 Å². The monoisotopic (exact) mass is 328 g/mol. The molecule has 1 aromatic heterocycles. The SMILES string of the molecule is CCc1ccc(C(=O)N2CCC(SC)(C(N)=S)CC2)s1. The Hall–Kier alpha value is -0.590. The molecule has 3 nitrogen and oxygen atoms in total. The van der Waals surface area contributed by atoms with Gasteiger partial charge in [0.25, 0.3) is 5.91 Å². The molecule has 6 heteroatoms. The van der Waals surface area contributed by atoms with Crippen molar-refractivity contribution in [2.45, 2.75) is 30.9 Å². The fraction of sp³-hybridized carbons (Fsp3) is 0.571. The van der Waals surface area contributed by atoms with Gasteiger partial charge in [-0.25, -0.2) is 0 Å². The number of hydrogen-bond acceptors (Lipinski definition) is 4. The number of carbonyl (C=O) groups excluding carboxylic acids is 1. The molecule has 0 atom stereocenters. The van der Waals surface area contributed by atoms with Gasteiger partial charge in [0.2, 0.25) is 0 Å². The third-order valence-corrected chi connectivity index (χ3v) is 7.07. The van der Waals surface area contributed by atoms with Gasteiger partial charge in [-0.05, 0) is 37.7 Å². The van der Waals surface area contributed by atoms with Crippen LogP contribution in [0.1, 0.15) is 34.3 Å². The van der Waals surface area contributed by atoms with Gasteiger partial charge in [0, 0.05) is 18.0 Å². The second kappa shape index (κ2) is 6.45. The Morgan fingerprint density at radius 1 is 1.50 bits per heavy atom. The van der Waals surface area contributed by atoms with Crippen molar-refractivity contribution in [2.75, 3.05) is 19.3 Å². The number of piperidine rings is 1. The van der Waals surface area contributed by atoms with E-state index >= 15 is 0 Å². The molecular weight excluding hydrogens is 308 g/mol. The molecule has 2 N–H and O–H groups in total. The summed E-state index contributed by atoms with van der Waals surface area (Å²) in [6.45, 7) is 3.57. The molecule has 0 saturated carbocycles. The largest absolute Gasteiger partial charge is 0.392 e. The summed E-state index contributed by atoms with van der Waals surface area (Å²) >= 11 is 8.52. The van der Waals surface area contributed by atoms with Crippen LogP contribution >= 0.6 is 35.3 Å². The highest BCUT2D eigenvalue weighted by molar-refractivity contribution is 8.02. The maximum absolute atomic E-state index is 12.5. The standard InChI is InChI=1S/C14H20N2OS3/c1-3-10-4-5-11(20-10)12(17)16-8-6-14(19-2,7-9-16)13(15)18/h4-5H,3,6-9H2,1-2H3,(H2,15,18). The predicted octanol–water partition coefficient (Wildman–Crippen LogP) is 2.93. The molecule has 0 aromatic carbocycles. The van der Waals surface area contributed by atoms with Crippen LogP contribution in [-0.4, -0.2) is 39.9 Å². The Bertz CT molecular complexity index is 504. The first kappa shape index (κ1) is 15.8. The minimum atomic E-state index is -0.129. The fourth-order valence-electron chi connectivity index (χ4n) is 2.46. The normalized spacial score (nSPS) is 18.0. The highest BCUT2D eigenvalue weighted by Gasteiger charge is 2.38. The van der Waals surface area contributed by atoms with E-state index in [1.54, 1.807) is 23.1 Å². The van der Waals surface area contributed by atoms with E-state index in [1.807, 2.05) is 23.3 Å². The van der Waals surface area contributed by atoms with Crippen molar-refractivity contribution < 1.29 is 4.79 Å². The van der Waals surface area contributed by atoms with Crippen molar-refractivity contribution in [3.63, 3.8) is 0 Å². The lowest BCUT2D eigenvalue weighted by Crippen LogP contribution is -2.50. The molecule has 1 amide bonds. The zero-order chi connectivity index (χ0) is 14.8. The fourth-order valence-corrected chi connectivity index (χ4v) is 4.62. The summed E-state index contributed by atoms with van der Waals surface area (Å²) in [5.74, 6) is 0.146. The minimum Gasteiger partial charge on any atom is -0.392 e. The summed E-state index contributed by atoms with van der Waals surface area (Å²) in [5.41, 5.74) is 5.88. The maximum atomic E-state index is 12.5. The Morgan fingerprint density at radius 3 is 2.60 bits per heavy atom. The van der Waals surface area contributed by atoms with E-state index in [4.69, 9.17) is 18.0 Å². The lowest BCUT2D eigenvalue weighted by Gasteiger charge is -2.39. The van der Waals surface area contributed by atoms with Crippen molar-refractivity contribution in [1.82, 2.24) is 4.90 Å². The number of nitrogens with zero attached hydrogens (tertiary/aromatic N) is 1. The molecule has 2 rings (SSSR count). The molecule has 1 aliphatic heterocycles. The first-order chi connectivity index (χ1) is 9.52. The number of likely N-dealkylation sites (tertiary alicyclic amines) is 1. The Kier molecular flexibility index (Phi) is 5.09. The van der Waals surface area contributed by atoms with Gasteiger partial charge in [0.05, 0.1) is 14.6 Å². The summed E-state index contributed by atoms with van der Waals surface area (Å²) in [4.78, 5) is 17.1. The summed E-state index contributed by atoms with van der Waals surface area (Å²) < 4.78 is -0.129. The van der Waals surface area contributed by atoms with E-state index in [9.17, 15) is 4.79 Å². The summed E-state index contributed by atoms with van der Waals surface area (Å²) in [7, 11) is 0. The van der Waals surface area contributed by atoms with Gasteiger partial charge in [0.1, 0.15) is 0 Å². The molecular formula is C14H20N2OS3. The third-order valence-electron chi connectivity index (χ3n) is 3.92. The molecule has 0 unspecified atom stereocenters. The van der Waals surface area contributed by atoms with Crippen LogP contribution in [-0.2, 0) is 6.42 Å². The summed E-state index contributed by atoms with van der Waals surface area (Å²) in [5, 5.41) is 0. The number of nitrogens with two attached hydrogens (primary N) is 1. The van der Waals surface area contributed by atoms with Crippen LogP contribution in [0.15, 0.2) is 12.1 Å². The van der Waals surface area contributed by atoms with Gasteiger partial charge in [-0.3, -0.25) is 4.79 Å². The number of rotatable bonds is 4. The van der Waals surface area contributed by atoms with E-state index in [-0.39, 0.29) is 10.7 Å². The number of thiophene rings is 1. The molecule has 20 heavy (non-hydrogen) atoms. The maximum Gasteiger partial charge on any atom is 0.263 e. The average Bonchev–Trinajstić information content (AvgIpc) is 2.95. The predicted molar refractivity (Wildman–Crippen MR) is 91.9 cm³/mol. The van der Waals surface area contributed by atoms with Gasteiger partial charge in [-0.2, -0.15) is 11.8 Å². The second-order valence-electron chi connectivity index (χ2n) is 4.97. The van der Waals surface area contributed by atoms with Crippen molar-refractivity contribution in [2.24, 2.45) is 5.73 Å². The van der Waals surface area contributed by atoms with Crippen LogP contribution in [0.2, 0.25) is 0 Å².